The minimum atomic E-state index is -0.211. The second-order valence-corrected chi connectivity index (χ2v) is 8.28. The van der Waals surface area contributed by atoms with Crippen molar-refractivity contribution in [1.82, 2.24) is 0 Å². The Morgan fingerprint density at radius 3 is 2.50 bits per heavy atom. The van der Waals surface area contributed by atoms with Crippen molar-refractivity contribution in [2.24, 2.45) is 22.2 Å². The average Bonchev–Trinajstić information content (AvgIpc) is 2.37. The minimum absolute atomic E-state index is 0.0556. The molecule has 0 aromatic carbocycles. The number of aliphatic hydroxyl groups is 1. The summed E-state index contributed by atoms with van der Waals surface area (Å²) in [5.74, 6) is 0.862. The van der Waals surface area contributed by atoms with Crippen molar-refractivity contribution in [2.75, 3.05) is 0 Å². The third-order valence-electron chi connectivity index (χ3n) is 6.94. The van der Waals surface area contributed by atoms with Crippen LogP contribution in [0.25, 0.3) is 0 Å². The molecule has 0 unspecified atom stereocenters. The smallest absolute Gasteiger partial charge is 0.138 e. The van der Waals surface area contributed by atoms with Gasteiger partial charge >= 0.3 is 0 Å². The van der Waals surface area contributed by atoms with Crippen LogP contribution in [-0.2, 0) is 4.79 Å². The summed E-state index contributed by atoms with van der Waals surface area (Å²) in [5, 5.41) is 10.5. The van der Waals surface area contributed by atoms with Crippen LogP contribution in [0.5, 0.6) is 0 Å². The predicted molar refractivity (Wildman–Crippen MR) is 80.3 cm³/mol. The van der Waals surface area contributed by atoms with E-state index in [0.717, 1.165) is 32.1 Å². The second-order valence-electron chi connectivity index (χ2n) is 8.28. The molecule has 0 aliphatic heterocycles. The van der Waals surface area contributed by atoms with E-state index >= 15 is 0 Å². The van der Waals surface area contributed by atoms with E-state index in [4.69, 9.17) is 0 Å². The molecule has 0 bridgehead atoms. The fourth-order valence-electron chi connectivity index (χ4n) is 5.61. The van der Waals surface area contributed by atoms with Gasteiger partial charge in [-0.05, 0) is 43.4 Å². The van der Waals surface area contributed by atoms with Crippen molar-refractivity contribution >= 4 is 5.78 Å². The molecule has 2 saturated carbocycles. The number of aliphatic hydroxyl groups excluding tert-OH is 1. The molecule has 1 N–H and O–H groups in total. The number of carbonyl (C=O) groups excluding carboxylic acids is 1. The molecular weight excluding hydrogens is 248 g/mol. The lowest BCUT2D eigenvalue weighted by atomic mass is 9.43. The zero-order valence-electron chi connectivity index (χ0n) is 13.3. The van der Waals surface area contributed by atoms with Crippen molar-refractivity contribution in [3.63, 3.8) is 0 Å². The van der Waals surface area contributed by atoms with Gasteiger partial charge in [0.15, 0.2) is 0 Å². The highest BCUT2D eigenvalue weighted by atomic mass is 16.3. The number of hydrogen-bond acceptors (Lipinski definition) is 2. The monoisotopic (exact) mass is 276 g/mol. The molecule has 0 aromatic heterocycles. The number of Topliss-reactive ketones (excluding diaryl/α,β-unsaturated/α-hetero) is 1. The van der Waals surface area contributed by atoms with Crippen LogP contribution < -0.4 is 0 Å². The lowest BCUT2D eigenvalue weighted by molar-refractivity contribution is -0.143. The van der Waals surface area contributed by atoms with E-state index in [2.05, 4.69) is 33.8 Å². The Kier molecular flexibility index (Phi) is 3.00. The van der Waals surface area contributed by atoms with Crippen LogP contribution in [0, 0.1) is 22.2 Å². The van der Waals surface area contributed by atoms with Crippen LogP contribution >= 0.6 is 0 Å². The number of hydrogen-bond donors (Lipinski definition) is 1. The molecule has 4 atom stereocenters. The van der Waals surface area contributed by atoms with Gasteiger partial charge in [0.2, 0.25) is 0 Å². The van der Waals surface area contributed by atoms with Gasteiger partial charge in [-0.3, -0.25) is 4.79 Å². The zero-order valence-corrected chi connectivity index (χ0v) is 13.3. The van der Waals surface area contributed by atoms with Gasteiger partial charge in [0.1, 0.15) is 5.78 Å². The Morgan fingerprint density at radius 1 is 1.10 bits per heavy atom. The Labute approximate surface area is 122 Å². The molecular formula is C18H28O2. The summed E-state index contributed by atoms with van der Waals surface area (Å²) >= 11 is 0. The van der Waals surface area contributed by atoms with Gasteiger partial charge in [0, 0.05) is 17.3 Å². The molecule has 0 saturated heterocycles. The summed E-state index contributed by atoms with van der Waals surface area (Å²) in [4.78, 5) is 12.3. The average molecular weight is 276 g/mol. The molecule has 0 spiro atoms. The number of rotatable bonds is 0. The molecule has 2 heteroatoms. The Morgan fingerprint density at radius 2 is 1.80 bits per heavy atom. The van der Waals surface area contributed by atoms with Crippen molar-refractivity contribution in [2.45, 2.75) is 72.3 Å². The zero-order chi connectivity index (χ0) is 14.8. The molecule has 2 fully saturated rings. The fourth-order valence-corrected chi connectivity index (χ4v) is 5.61. The molecule has 0 radical (unpaired) electrons. The van der Waals surface area contributed by atoms with Gasteiger partial charge in [-0.15, -0.1) is 0 Å². The summed E-state index contributed by atoms with van der Waals surface area (Å²) < 4.78 is 0. The SMILES string of the molecule is CC1(C)C(=O)CC[C@]2(C)C3=CCC[C@@H](O)[C@]3(C)CC[C@@H]12. The van der Waals surface area contributed by atoms with Crippen LogP contribution in [0.3, 0.4) is 0 Å². The van der Waals surface area contributed by atoms with Crippen LogP contribution in [-0.4, -0.2) is 17.0 Å². The van der Waals surface area contributed by atoms with Gasteiger partial charge in [-0.25, -0.2) is 0 Å². The van der Waals surface area contributed by atoms with Crippen molar-refractivity contribution in [1.29, 1.82) is 0 Å². The van der Waals surface area contributed by atoms with Gasteiger partial charge in [0.05, 0.1) is 6.10 Å². The highest BCUT2D eigenvalue weighted by Crippen LogP contribution is 2.65. The topological polar surface area (TPSA) is 37.3 Å². The van der Waals surface area contributed by atoms with E-state index in [9.17, 15) is 9.90 Å². The largest absolute Gasteiger partial charge is 0.392 e. The summed E-state index contributed by atoms with van der Waals surface area (Å²) in [5.41, 5.74) is 1.30. The normalized spacial score (nSPS) is 47.2. The van der Waals surface area contributed by atoms with E-state index in [1.807, 2.05) is 0 Å². The van der Waals surface area contributed by atoms with Crippen molar-refractivity contribution in [3.8, 4) is 0 Å². The van der Waals surface area contributed by atoms with Gasteiger partial charge < -0.3 is 5.11 Å². The van der Waals surface area contributed by atoms with Gasteiger partial charge in [-0.2, -0.15) is 0 Å². The summed E-state index contributed by atoms with van der Waals surface area (Å²) in [7, 11) is 0. The predicted octanol–water partition coefficient (Wildman–Crippen LogP) is 3.88. The van der Waals surface area contributed by atoms with Crippen molar-refractivity contribution in [3.05, 3.63) is 11.6 Å². The Hall–Kier alpha value is -0.630. The molecule has 0 amide bonds. The van der Waals surface area contributed by atoms with Crippen LogP contribution in [0.2, 0.25) is 0 Å². The lowest BCUT2D eigenvalue weighted by Crippen LogP contribution is -2.56. The first-order valence-corrected chi connectivity index (χ1v) is 8.15. The third-order valence-corrected chi connectivity index (χ3v) is 6.94. The Balaban J connectivity index is 2.08. The van der Waals surface area contributed by atoms with Crippen LogP contribution in [0.15, 0.2) is 11.6 Å². The molecule has 112 valence electrons. The van der Waals surface area contributed by atoms with Crippen LogP contribution in [0.4, 0.5) is 0 Å². The first-order chi connectivity index (χ1) is 9.23. The maximum absolute atomic E-state index is 12.3. The van der Waals surface area contributed by atoms with E-state index in [-0.39, 0.29) is 22.3 Å². The van der Waals surface area contributed by atoms with Gasteiger partial charge in [0.25, 0.3) is 0 Å². The molecule has 3 aliphatic carbocycles. The molecule has 3 rings (SSSR count). The minimum Gasteiger partial charge on any atom is -0.392 e. The Bertz CT molecular complexity index is 476. The lowest BCUT2D eigenvalue weighted by Gasteiger charge is -2.60. The first kappa shape index (κ1) is 14.3. The number of ketones is 1. The van der Waals surface area contributed by atoms with Gasteiger partial charge in [-0.1, -0.05) is 39.3 Å². The highest BCUT2D eigenvalue weighted by molar-refractivity contribution is 5.85. The van der Waals surface area contributed by atoms with E-state index in [0.29, 0.717) is 18.1 Å². The molecule has 0 heterocycles. The standard InChI is InChI=1S/C18H28O2/c1-16(2)12-8-10-18(4)13(6-5-7-15(18)20)17(12,3)11-9-14(16)19/h6,12,15,20H,5,7-11H2,1-4H3/t12-,15+,17-,18+/m0/s1. The maximum Gasteiger partial charge on any atom is 0.138 e. The highest BCUT2D eigenvalue weighted by Gasteiger charge is 2.59. The molecule has 3 aliphatic rings. The summed E-state index contributed by atoms with van der Waals surface area (Å²) in [6, 6.07) is 0. The molecule has 0 aromatic rings. The van der Waals surface area contributed by atoms with E-state index in [1.54, 1.807) is 0 Å². The summed E-state index contributed by atoms with van der Waals surface area (Å²) in [6.45, 7) is 8.88. The second kappa shape index (κ2) is 4.19. The number of fused-ring (bicyclic) bond motifs is 3. The first-order valence-electron chi connectivity index (χ1n) is 8.15. The van der Waals surface area contributed by atoms with Crippen LogP contribution in [0.1, 0.15) is 66.2 Å². The van der Waals surface area contributed by atoms with E-state index in [1.165, 1.54) is 5.57 Å². The maximum atomic E-state index is 12.3. The quantitative estimate of drug-likeness (QED) is 0.682. The van der Waals surface area contributed by atoms with Crippen molar-refractivity contribution < 1.29 is 9.90 Å². The molecule has 2 nitrogen and oxygen atoms in total. The fraction of sp³-hybridized carbons (Fsp3) is 0.833. The third kappa shape index (κ3) is 1.63. The number of allylic oxidation sites excluding steroid dienone is 1. The number of carbonyl (C=O) groups is 1. The molecule has 20 heavy (non-hydrogen) atoms. The summed E-state index contributed by atoms with van der Waals surface area (Å²) in [6.07, 6.45) is 7.83. The van der Waals surface area contributed by atoms with E-state index < -0.39 is 0 Å².